The van der Waals surface area contributed by atoms with Gasteiger partial charge in [-0.2, -0.15) is 0 Å². The molecule has 0 saturated carbocycles. The summed E-state index contributed by atoms with van der Waals surface area (Å²) in [5, 5.41) is 3.34. The lowest BCUT2D eigenvalue weighted by molar-refractivity contribution is -0.118. The highest BCUT2D eigenvalue weighted by Gasteiger charge is 2.16. The van der Waals surface area contributed by atoms with Crippen LogP contribution in [0.3, 0.4) is 0 Å². The summed E-state index contributed by atoms with van der Waals surface area (Å²) in [6, 6.07) is 8.38. The van der Waals surface area contributed by atoms with Crippen molar-refractivity contribution in [3.8, 4) is 0 Å². The summed E-state index contributed by atoms with van der Waals surface area (Å²) in [4.78, 5) is 14.0. The normalized spacial score (nSPS) is 17.7. The standard InChI is InChI=1S/C15H22N2O/c1-12(2)13-5-7-14(8-6-13)17-11-10-16-9-3-4-15(17)18/h5-8,12,16H,3-4,9-11H2,1-2H3. The van der Waals surface area contributed by atoms with E-state index < -0.39 is 0 Å². The van der Waals surface area contributed by atoms with Crippen molar-refractivity contribution in [1.29, 1.82) is 0 Å². The molecule has 3 nitrogen and oxygen atoms in total. The lowest BCUT2D eigenvalue weighted by atomic mass is 10.0. The summed E-state index contributed by atoms with van der Waals surface area (Å²) in [6.07, 6.45) is 1.57. The summed E-state index contributed by atoms with van der Waals surface area (Å²) in [6.45, 7) is 6.95. The van der Waals surface area contributed by atoms with Crippen LogP contribution < -0.4 is 10.2 Å². The number of benzene rings is 1. The lowest BCUT2D eigenvalue weighted by Gasteiger charge is -2.25. The second-order valence-corrected chi connectivity index (χ2v) is 5.15. The van der Waals surface area contributed by atoms with Crippen LogP contribution in [0, 0.1) is 0 Å². The highest BCUT2D eigenvalue weighted by Crippen LogP contribution is 2.21. The minimum atomic E-state index is 0.244. The van der Waals surface area contributed by atoms with Gasteiger partial charge in [0.25, 0.3) is 0 Å². The molecule has 0 spiro atoms. The van der Waals surface area contributed by atoms with Gasteiger partial charge in [0.2, 0.25) is 5.91 Å². The zero-order chi connectivity index (χ0) is 13.0. The van der Waals surface area contributed by atoms with Gasteiger partial charge in [-0.3, -0.25) is 4.79 Å². The Kier molecular flexibility index (Phi) is 4.37. The lowest BCUT2D eigenvalue weighted by Crippen LogP contribution is -2.39. The van der Waals surface area contributed by atoms with Gasteiger partial charge in [-0.1, -0.05) is 26.0 Å². The molecule has 2 rings (SSSR count). The molecule has 1 amide bonds. The van der Waals surface area contributed by atoms with Crippen molar-refractivity contribution in [1.82, 2.24) is 5.32 Å². The molecule has 1 aromatic rings. The predicted octanol–water partition coefficient (Wildman–Crippen LogP) is 2.53. The topological polar surface area (TPSA) is 32.3 Å². The quantitative estimate of drug-likeness (QED) is 0.869. The van der Waals surface area contributed by atoms with Gasteiger partial charge in [-0.15, -0.1) is 0 Å². The second-order valence-electron chi connectivity index (χ2n) is 5.15. The molecule has 1 aromatic carbocycles. The molecule has 0 radical (unpaired) electrons. The molecule has 1 saturated heterocycles. The van der Waals surface area contributed by atoms with Crippen LogP contribution in [-0.2, 0) is 4.79 Å². The molecule has 0 bridgehead atoms. The molecule has 18 heavy (non-hydrogen) atoms. The van der Waals surface area contributed by atoms with Crippen LogP contribution in [0.4, 0.5) is 5.69 Å². The number of anilines is 1. The number of amides is 1. The molecule has 0 aliphatic carbocycles. The van der Waals surface area contributed by atoms with Crippen molar-refractivity contribution in [2.24, 2.45) is 0 Å². The van der Waals surface area contributed by atoms with Crippen LogP contribution in [0.25, 0.3) is 0 Å². The molecule has 98 valence electrons. The van der Waals surface area contributed by atoms with Crippen LogP contribution in [0.5, 0.6) is 0 Å². The van der Waals surface area contributed by atoms with Crippen LogP contribution in [-0.4, -0.2) is 25.5 Å². The Morgan fingerprint density at radius 2 is 1.89 bits per heavy atom. The van der Waals surface area contributed by atoms with Gasteiger partial charge in [-0.25, -0.2) is 0 Å². The number of nitrogens with one attached hydrogen (secondary N) is 1. The van der Waals surface area contributed by atoms with Crippen LogP contribution in [0.15, 0.2) is 24.3 Å². The van der Waals surface area contributed by atoms with Crippen molar-refractivity contribution >= 4 is 11.6 Å². The third-order valence-electron chi connectivity index (χ3n) is 3.43. The van der Waals surface area contributed by atoms with Crippen molar-refractivity contribution in [2.75, 3.05) is 24.5 Å². The second kappa shape index (κ2) is 6.01. The first-order valence-electron chi connectivity index (χ1n) is 6.79. The minimum Gasteiger partial charge on any atom is -0.315 e. The van der Waals surface area contributed by atoms with Gasteiger partial charge >= 0.3 is 0 Å². The van der Waals surface area contributed by atoms with E-state index in [0.717, 1.165) is 31.7 Å². The molecule has 1 fully saturated rings. The molecule has 1 heterocycles. The first-order valence-corrected chi connectivity index (χ1v) is 6.79. The number of rotatable bonds is 2. The summed E-state index contributed by atoms with van der Waals surface area (Å²) in [7, 11) is 0. The third kappa shape index (κ3) is 3.10. The van der Waals surface area contributed by atoms with Crippen LogP contribution in [0.1, 0.15) is 38.2 Å². The van der Waals surface area contributed by atoms with Gasteiger partial charge in [0.1, 0.15) is 0 Å². The van der Waals surface area contributed by atoms with Gasteiger partial charge in [-0.05, 0) is 36.6 Å². The average Bonchev–Trinajstić information content (AvgIpc) is 2.35. The molecule has 1 aliphatic rings. The fourth-order valence-electron chi connectivity index (χ4n) is 2.25. The molecule has 0 atom stereocenters. The number of hydrogen-bond acceptors (Lipinski definition) is 2. The summed E-state index contributed by atoms with van der Waals surface area (Å²) in [5.74, 6) is 0.776. The van der Waals surface area contributed by atoms with Crippen LogP contribution in [0.2, 0.25) is 0 Å². The molecule has 0 aromatic heterocycles. The number of carbonyl (C=O) groups excluding carboxylic acids is 1. The molecular weight excluding hydrogens is 224 g/mol. The molecule has 1 N–H and O–H groups in total. The highest BCUT2D eigenvalue weighted by molar-refractivity contribution is 5.93. The van der Waals surface area contributed by atoms with Crippen molar-refractivity contribution in [2.45, 2.75) is 32.6 Å². The van der Waals surface area contributed by atoms with E-state index in [-0.39, 0.29) is 5.91 Å². The molecule has 0 unspecified atom stereocenters. The first kappa shape index (κ1) is 13.1. The summed E-state index contributed by atoms with van der Waals surface area (Å²) < 4.78 is 0. The fraction of sp³-hybridized carbons (Fsp3) is 0.533. The molecular formula is C15H22N2O. The Morgan fingerprint density at radius 3 is 2.56 bits per heavy atom. The summed E-state index contributed by atoms with van der Waals surface area (Å²) >= 11 is 0. The van der Waals surface area contributed by atoms with E-state index in [1.807, 2.05) is 4.90 Å². The summed E-state index contributed by atoms with van der Waals surface area (Å²) in [5.41, 5.74) is 2.34. The zero-order valence-corrected chi connectivity index (χ0v) is 11.3. The third-order valence-corrected chi connectivity index (χ3v) is 3.43. The minimum absolute atomic E-state index is 0.244. The van der Waals surface area contributed by atoms with E-state index in [2.05, 4.69) is 43.4 Å². The van der Waals surface area contributed by atoms with Gasteiger partial charge in [0.05, 0.1) is 0 Å². The first-order chi connectivity index (χ1) is 8.68. The van der Waals surface area contributed by atoms with Crippen molar-refractivity contribution in [3.63, 3.8) is 0 Å². The predicted molar refractivity (Wildman–Crippen MR) is 75.0 cm³/mol. The largest absolute Gasteiger partial charge is 0.315 e. The Bertz CT molecular complexity index is 397. The Balaban J connectivity index is 2.14. The Hall–Kier alpha value is -1.35. The zero-order valence-electron chi connectivity index (χ0n) is 11.3. The molecule has 1 aliphatic heterocycles. The average molecular weight is 246 g/mol. The van der Waals surface area contributed by atoms with Gasteiger partial charge < -0.3 is 10.2 Å². The maximum absolute atomic E-state index is 12.1. The van der Waals surface area contributed by atoms with Crippen LogP contribution >= 0.6 is 0 Å². The fourth-order valence-corrected chi connectivity index (χ4v) is 2.25. The van der Waals surface area contributed by atoms with Crippen molar-refractivity contribution < 1.29 is 4.79 Å². The van der Waals surface area contributed by atoms with E-state index in [0.29, 0.717) is 12.3 Å². The maximum atomic E-state index is 12.1. The number of hydrogen-bond donors (Lipinski definition) is 1. The smallest absolute Gasteiger partial charge is 0.227 e. The number of nitrogens with zero attached hydrogens (tertiary/aromatic N) is 1. The van der Waals surface area contributed by atoms with E-state index in [1.54, 1.807) is 0 Å². The van der Waals surface area contributed by atoms with E-state index >= 15 is 0 Å². The molecule has 3 heteroatoms. The van der Waals surface area contributed by atoms with E-state index in [9.17, 15) is 4.79 Å². The van der Waals surface area contributed by atoms with Gasteiger partial charge in [0.15, 0.2) is 0 Å². The van der Waals surface area contributed by atoms with Crippen molar-refractivity contribution in [3.05, 3.63) is 29.8 Å². The van der Waals surface area contributed by atoms with Gasteiger partial charge in [0, 0.05) is 25.2 Å². The monoisotopic (exact) mass is 246 g/mol. The number of carbonyl (C=O) groups is 1. The Morgan fingerprint density at radius 1 is 1.17 bits per heavy atom. The van der Waals surface area contributed by atoms with E-state index in [1.165, 1.54) is 5.56 Å². The SMILES string of the molecule is CC(C)c1ccc(N2CCNCCCC2=O)cc1. The Labute approximate surface area is 109 Å². The van der Waals surface area contributed by atoms with E-state index in [4.69, 9.17) is 0 Å². The maximum Gasteiger partial charge on any atom is 0.227 e. The highest BCUT2D eigenvalue weighted by atomic mass is 16.2.